The van der Waals surface area contributed by atoms with Crippen LogP contribution in [0.2, 0.25) is 5.02 Å². The van der Waals surface area contributed by atoms with E-state index in [0.29, 0.717) is 57.1 Å². The van der Waals surface area contributed by atoms with Crippen molar-refractivity contribution in [3.8, 4) is 11.4 Å². The lowest BCUT2D eigenvalue weighted by Crippen LogP contribution is -2.53. The minimum absolute atomic E-state index is 0.0119. The van der Waals surface area contributed by atoms with Crippen molar-refractivity contribution in [2.45, 2.75) is 44.0 Å². The smallest absolute Gasteiger partial charge is 0.418 e. The number of carbonyl (C=O) groups is 3. The minimum Gasteiger partial charge on any atom is -0.462 e. The molecule has 15 nitrogen and oxygen atoms in total. The van der Waals surface area contributed by atoms with Crippen molar-refractivity contribution in [1.29, 1.82) is 0 Å². The number of rotatable bonds is 12. The number of ether oxygens (including phenoxy) is 3. The van der Waals surface area contributed by atoms with E-state index in [4.69, 9.17) is 31.5 Å². The molecule has 0 bridgehead atoms. The lowest BCUT2D eigenvalue weighted by Gasteiger charge is -2.38. The molecule has 0 unspecified atom stereocenters. The number of nitrogens with one attached hydrogen (secondary N) is 1. The number of halogens is 4. The summed E-state index contributed by atoms with van der Waals surface area (Å²) in [7, 11) is 0. The first-order valence-electron chi connectivity index (χ1n) is 20.3. The highest BCUT2D eigenvalue weighted by Gasteiger charge is 2.37. The third-order valence-corrected chi connectivity index (χ3v) is 11.5. The Kier molecular flexibility index (Phi) is 13.8. The average Bonchev–Trinajstić information content (AvgIpc) is 3.67. The molecule has 1 atom stereocenters. The molecule has 0 spiro atoms. The second-order valence-corrected chi connectivity index (χ2v) is 15.6. The van der Waals surface area contributed by atoms with Gasteiger partial charge in [-0.25, -0.2) is 19.1 Å². The number of aromatic nitrogens is 3. The topological polar surface area (TPSA) is 169 Å². The molecular weight excluding hydrogens is 821 g/mol. The molecule has 3 N–H and O–H groups in total. The third kappa shape index (κ3) is 10.8. The number of piperidine rings is 1. The van der Waals surface area contributed by atoms with Crippen LogP contribution in [0.5, 0.6) is 0 Å². The molecule has 3 saturated heterocycles. The van der Waals surface area contributed by atoms with E-state index in [2.05, 4.69) is 15.0 Å². The lowest BCUT2D eigenvalue weighted by atomic mass is 10.0. The van der Waals surface area contributed by atoms with Gasteiger partial charge in [-0.3, -0.25) is 14.7 Å². The van der Waals surface area contributed by atoms with Crippen molar-refractivity contribution < 1.29 is 41.8 Å². The molecule has 0 radical (unpaired) electrons. The number of nitrogen functional groups attached to an aromatic ring is 1. The van der Waals surface area contributed by atoms with Crippen LogP contribution >= 0.6 is 11.6 Å². The number of aromatic amines is 1. The summed E-state index contributed by atoms with van der Waals surface area (Å²) in [6, 6.07) is 17.9. The standard InChI is InChI=1S/C42H48ClF3N8O7/c43-34-26-28(25-33(36(34)47)42(44,45)46)27-35(61-41(58)53-14-11-32(12-15-53)54-40(57)48-37(49-54)29-5-2-1-3-6-29)38(55)52-18-16-51(17-19-52)31-9-7-30(8-10-31)39(56)60-22-4-13-50-20-23-59-24-21-50/h1-3,5-10,25-26,32,35H,4,11-24,27,47H2,(H,48,49,57)/t35-/m1/s1. The van der Waals surface area contributed by atoms with Crippen LogP contribution in [0, 0.1) is 0 Å². The van der Waals surface area contributed by atoms with E-state index in [1.807, 2.05) is 47.4 Å². The molecule has 2 amide bonds. The summed E-state index contributed by atoms with van der Waals surface area (Å²) in [6.45, 7) is 5.90. The molecule has 3 fully saturated rings. The van der Waals surface area contributed by atoms with Crippen LogP contribution in [-0.4, -0.2) is 132 Å². The summed E-state index contributed by atoms with van der Waals surface area (Å²) in [5.41, 5.74) is 5.49. The van der Waals surface area contributed by atoms with Gasteiger partial charge in [0.15, 0.2) is 11.9 Å². The van der Waals surface area contributed by atoms with Gasteiger partial charge in [-0.1, -0.05) is 41.9 Å². The first-order chi connectivity index (χ1) is 29.3. The predicted molar refractivity (Wildman–Crippen MR) is 220 cm³/mol. The van der Waals surface area contributed by atoms with Crippen molar-refractivity contribution >= 4 is 40.9 Å². The molecular formula is C42H48ClF3N8O7. The van der Waals surface area contributed by atoms with Gasteiger partial charge in [-0.05, 0) is 61.2 Å². The lowest BCUT2D eigenvalue weighted by molar-refractivity contribution is -0.141. The second-order valence-electron chi connectivity index (χ2n) is 15.2. The zero-order chi connectivity index (χ0) is 43.1. The number of nitrogens with zero attached hydrogens (tertiary/aromatic N) is 6. The molecule has 3 aromatic carbocycles. The first kappa shape index (κ1) is 43.5. The molecule has 0 aliphatic carbocycles. The monoisotopic (exact) mass is 868 g/mol. The van der Waals surface area contributed by atoms with E-state index in [1.165, 1.54) is 20.5 Å². The Hall–Kier alpha value is -5.59. The molecule has 7 rings (SSSR count). The molecule has 1 aromatic heterocycles. The fraction of sp³-hybridized carbons (Fsp3) is 0.452. The number of alkyl halides is 3. The number of piperazine rings is 1. The van der Waals surface area contributed by atoms with E-state index >= 15 is 0 Å². The number of anilines is 2. The Labute approximate surface area is 355 Å². The van der Waals surface area contributed by atoms with E-state index in [1.54, 1.807) is 12.1 Å². The number of H-pyrrole nitrogens is 1. The molecule has 4 aromatic rings. The van der Waals surface area contributed by atoms with Crippen LogP contribution in [0.4, 0.5) is 29.3 Å². The second kappa shape index (κ2) is 19.4. The maximum Gasteiger partial charge on any atom is 0.418 e. The van der Waals surface area contributed by atoms with Gasteiger partial charge in [0.1, 0.15) is 0 Å². The highest BCUT2D eigenvalue weighted by atomic mass is 35.5. The Bertz CT molecular complexity index is 2200. The Balaban J connectivity index is 0.971. The van der Waals surface area contributed by atoms with Crippen LogP contribution in [0.3, 0.4) is 0 Å². The fourth-order valence-electron chi connectivity index (χ4n) is 7.78. The first-order valence-corrected chi connectivity index (χ1v) is 20.7. The maximum atomic E-state index is 14.1. The van der Waals surface area contributed by atoms with Gasteiger partial charge in [0.25, 0.3) is 5.91 Å². The Morgan fingerprint density at radius 2 is 1.61 bits per heavy atom. The van der Waals surface area contributed by atoms with Crippen LogP contribution in [-0.2, 0) is 31.6 Å². The van der Waals surface area contributed by atoms with Gasteiger partial charge in [-0.15, -0.1) is 5.10 Å². The van der Waals surface area contributed by atoms with Crippen molar-refractivity contribution in [2.24, 2.45) is 0 Å². The van der Waals surface area contributed by atoms with E-state index in [-0.39, 0.29) is 54.9 Å². The number of hydrogen-bond acceptors (Lipinski definition) is 11. The van der Waals surface area contributed by atoms with Gasteiger partial charge in [-0.2, -0.15) is 13.2 Å². The van der Waals surface area contributed by atoms with Crippen molar-refractivity contribution in [3.05, 3.63) is 98.9 Å². The molecule has 61 heavy (non-hydrogen) atoms. The van der Waals surface area contributed by atoms with E-state index in [0.717, 1.165) is 43.4 Å². The molecule has 4 heterocycles. The normalized spacial score (nSPS) is 17.3. The summed E-state index contributed by atoms with van der Waals surface area (Å²) < 4.78 is 59.8. The Morgan fingerprint density at radius 1 is 0.918 bits per heavy atom. The third-order valence-electron chi connectivity index (χ3n) is 11.2. The molecule has 326 valence electrons. The zero-order valence-corrected chi connectivity index (χ0v) is 34.2. The number of nitrogens with two attached hydrogens (primary N) is 1. The number of hydrogen-bond donors (Lipinski definition) is 2. The van der Waals surface area contributed by atoms with Crippen molar-refractivity contribution in [3.63, 3.8) is 0 Å². The quantitative estimate of drug-likeness (QED) is 0.110. The van der Waals surface area contributed by atoms with Gasteiger partial charge in [0.2, 0.25) is 0 Å². The largest absolute Gasteiger partial charge is 0.462 e. The van der Waals surface area contributed by atoms with Crippen LogP contribution < -0.4 is 16.3 Å². The molecule has 19 heteroatoms. The van der Waals surface area contributed by atoms with Crippen LogP contribution in [0.15, 0.2) is 71.5 Å². The highest BCUT2D eigenvalue weighted by Crippen LogP contribution is 2.38. The Morgan fingerprint density at radius 3 is 2.28 bits per heavy atom. The maximum absolute atomic E-state index is 14.1. The summed E-state index contributed by atoms with van der Waals surface area (Å²) in [4.78, 5) is 63.3. The van der Waals surface area contributed by atoms with Crippen molar-refractivity contribution in [1.82, 2.24) is 29.5 Å². The SMILES string of the molecule is Nc1c(Cl)cc(C[C@@H](OC(=O)N2CCC(n3nc(-c4ccccc4)[nH]c3=O)CC2)C(=O)N2CCN(c3ccc(C(=O)OCCCN4CCOCC4)cc3)CC2)cc1C(F)(F)F. The number of esters is 1. The molecule has 0 saturated carbocycles. The predicted octanol–water partition coefficient (Wildman–Crippen LogP) is 5.11. The minimum atomic E-state index is -4.82. The summed E-state index contributed by atoms with van der Waals surface area (Å²) in [6.07, 6.45) is -6.05. The summed E-state index contributed by atoms with van der Waals surface area (Å²) in [5.74, 6) is -0.566. The molecule has 3 aliphatic rings. The fourth-order valence-corrected chi connectivity index (χ4v) is 8.02. The van der Waals surface area contributed by atoms with E-state index in [9.17, 15) is 32.3 Å². The van der Waals surface area contributed by atoms with Crippen LogP contribution in [0.1, 0.15) is 46.8 Å². The summed E-state index contributed by atoms with van der Waals surface area (Å²) in [5, 5.41) is 4.14. The number of amides is 2. The average molecular weight is 869 g/mol. The zero-order valence-electron chi connectivity index (χ0n) is 33.4. The van der Waals surface area contributed by atoms with Crippen molar-refractivity contribution in [2.75, 3.05) is 89.4 Å². The van der Waals surface area contributed by atoms with Crippen LogP contribution in [0.25, 0.3) is 11.4 Å². The summed E-state index contributed by atoms with van der Waals surface area (Å²) >= 11 is 6.13. The van der Waals surface area contributed by atoms with Gasteiger partial charge in [0, 0.05) is 76.6 Å². The van der Waals surface area contributed by atoms with Gasteiger partial charge < -0.3 is 34.6 Å². The number of benzene rings is 3. The number of carbonyl (C=O) groups excluding carboxylic acids is 3. The van der Waals surface area contributed by atoms with E-state index < -0.39 is 41.5 Å². The van der Waals surface area contributed by atoms with Gasteiger partial charge in [0.05, 0.1) is 47.7 Å². The molecule has 3 aliphatic heterocycles. The van der Waals surface area contributed by atoms with Gasteiger partial charge >= 0.3 is 23.9 Å². The number of likely N-dealkylation sites (tertiary alicyclic amines) is 1. The highest BCUT2D eigenvalue weighted by molar-refractivity contribution is 6.33. The number of morpholine rings is 1.